The minimum Gasteiger partial charge on any atom is -0.369 e. The SMILES string of the molecule is CCCNc1ncc(C(=O)NC2CCC(=O)NC2)cc1Cl. The zero-order valence-electron chi connectivity index (χ0n) is 11.9. The van der Waals surface area contributed by atoms with Gasteiger partial charge in [0.1, 0.15) is 5.82 Å². The van der Waals surface area contributed by atoms with Crippen LogP contribution in [0.4, 0.5) is 5.82 Å². The molecule has 0 aliphatic carbocycles. The first-order valence-electron chi connectivity index (χ1n) is 7.07. The summed E-state index contributed by atoms with van der Waals surface area (Å²) in [6, 6.07) is 1.55. The van der Waals surface area contributed by atoms with E-state index in [0.717, 1.165) is 13.0 Å². The molecule has 0 saturated carbocycles. The second kappa shape index (κ2) is 7.26. The fourth-order valence-corrected chi connectivity index (χ4v) is 2.29. The van der Waals surface area contributed by atoms with E-state index in [1.165, 1.54) is 6.20 Å². The maximum atomic E-state index is 12.1. The van der Waals surface area contributed by atoms with E-state index in [1.807, 2.05) is 6.92 Å². The fraction of sp³-hybridized carbons (Fsp3) is 0.500. The van der Waals surface area contributed by atoms with Gasteiger partial charge in [0, 0.05) is 31.7 Å². The van der Waals surface area contributed by atoms with E-state index in [4.69, 9.17) is 11.6 Å². The number of carbonyl (C=O) groups is 2. The molecule has 1 atom stereocenters. The van der Waals surface area contributed by atoms with Gasteiger partial charge >= 0.3 is 0 Å². The fourth-order valence-electron chi connectivity index (χ4n) is 2.06. The van der Waals surface area contributed by atoms with Gasteiger partial charge in [0.25, 0.3) is 5.91 Å². The third kappa shape index (κ3) is 4.32. The molecule has 1 fully saturated rings. The largest absolute Gasteiger partial charge is 0.369 e. The summed E-state index contributed by atoms with van der Waals surface area (Å²) in [5.74, 6) is 0.379. The standard InChI is InChI=1S/C14H19ClN4O2/c1-2-5-16-13-11(15)6-9(7-18-13)14(21)19-10-3-4-12(20)17-8-10/h6-7,10H,2-5,8H2,1H3,(H,16,18)(H,17,20)(H,19,21). The Hall–Kier alpha value is -1.82. The summed E-state index contributed by atoms with van der Waals surface area (Å²) in [7, 11) is 0. The van der Waals surface area contributed by atoms with Crippen LogP contribution in [0.2, 0.25) is 5.02 Å². The van der Waals surface area contributed by atoms with Crippen LogP contribution in [0.5, 0.6) is 0 Å². The van der Waals surface area contributed by atoms with Crippen molar-refractivity contribution in [2.75, 3.05) is 18.4 Å². The number of anilines is 1. The van der Waals surface area contributed by atoms with E-state index in [2.05, 4.69) is 20.9 Å². The lowest BCUT2D eigenvalue weighted by atomic mass is 10.1. The molecule has 1 aromatic rings. The summed E-state index contributed by atoms with van der Waals surface area (Å²) in [5, 5.41) is 9.12. The second-order valence-electron chi connectivity index (χ2n) is 4.99. The lowest BCUT2D eigenvalue weighted by molar-refractivity contribution is -0.122. The molecule has 1 aliphatic heterocycles. The third-order valence-corrected chi connectivity index (χ3v) is 3.53. The van der Waals surface area contributed by atoms with Crippen molar-refractivity contribution in [3.05, 3.63) is 22.8 Å². The number of piperidine rings is 1. The van der Waals surface area contributed by atoms with Crippen LogP contribution in [0.15, 0.2) is 12.3 Å². The van der Waals surface area contributed by atoms with Gasteiger partial charge in [0.05, 0.1) is 10.6 Å². The molecular weight excluding hydrogens is 292 g/mol. The highest BCUT2D eigenvalue weighted by atomic mass is 35.5. The summed E-state index contributed by atoms with van der Waals surface area (Å²) in [4.78, 5) is 27.4. The number of aromatic nitrogens is 1. The maximum absolute atomic E-state index is 12.1. The number of hydrogen-bond donors (Lipinski definition) is 3. The minimum atomic E-state index is -0.229. The highest BCUT2D eigenvalue weighted by Gasteiger charge is 2.20. The molecule has 6 nitrogen and oxygen atoms in total. The van der Waals surface area contributed by atoms with Gasteiger partial charge in [0.15, 0.2) is 0 Å². The normalized spacial score (nSPS) is 18.0. The number of pyridine rings is 1. The first-order chi connectivity index (χ1) is 10.1. The van der Waals surface area contributed by atoms with E-state index >= 15 is 0 Å². The molecule has 3 N–H and O–H groups in total. The second-order valence-corrected chi connectivity index (χ2v) is 5.40. The van der Waals surface area contributed by atoms with Crippen molar-refractivity contribution in [2.45, 2.75) is 32.2 Å². The Labute approximate surface area is 128 Å². The molecule has 0 bridgehead atoms. The van der Waals surface area contributed by atoms with Gasteiger partial charge in [-0.15, -0.1) is 0 Å². The Morgan fingerprint density at radius 3 is 3.00 bits per heavy atom. The van der Waals surface area contributed by atoms with Gasteiger partial charge in [-0.1, -0.05) is 18.5 Å². The van der Waals surface area contributed by atoms with Crippen LogP contribution < -0.4 is 16.0 Å². The van der Waals surface area contributed by atoms with E-state index in [-0.39, 0.29) is 17.9 Å². The monoisotopic (exact) mass is 310 g/mol. The van der Waals surface area contributed by atoms with E-state index in [0.29, 0.717) is 35.8 Å². The zero-order chi connectivity index (χ0) is 15.2. The van der Waals surface area contributed by atoms with Crippen molar-refractivity contribution >= 4 is 29.2 Å². The number of hydrogen-bond acceptors (Lipinski definition) is 4. The molecule has 1 saturated heterocycles. The van der Waals surface area contributed by atoms with Crippen molar-refractivity contribution in [1.29, 1.82) is 0 Å². The average molecular weight is 311 g/mol. The van der Waals surface area contributed by atoms with Gasteiger partial charge in [-0.2, -0.15) is 0 Å². The molecule has 2 amide bonds. The van der Waals surface area contributed by atoms with Crippen molar-refractivity contribution in [1.82, 2.24) is 15.6 Å². The van der Waals surface area contributed by atoms with Crippen LogP contribution in [0, 0.1) is 0 Å². The summed E-state index contributed by atoms with van der Waals surface area (Å²) in [5.41, 5.74) is 0.416. The van der Waals surface area contributed by atoms with Crippen LogP contribution in [0.1, 0.15) is 36.5 Å². The number of nitrogens with zero attached hydrogens (tertiary/aromatic N) is 1. The quantitative estimate of drug-likeness (QED) is 0.771. The van der Waals surface area contributed by atoms with E-state index in [1.54, 1.807) is 6.07 Å². The number of amides is 2. The molecule has 114 valence electrons. The average Bonchev–Trinajstić information content (AvgIpc) is 2.48. The number of carbonyl (C=O) groups excluding carboxylic acids is 2. The van der Waals surface area contributed by atoms with Crippen molar-refractivity contribution in [3.8, 4) is 0 Å². The lowest BCUT2D eigenvalue weighted by Crippen LogP contribution is -2.47. The summed E-state index contributed by atoms with van der Waals surface area (Å²) in [6.07, 6.45) is 3.55. The minimum absolute atomic E-state index is 0.0246. The molecule has 2 heterocycles. The summed E-state index contributed by atoms with van der Waals surface area (Å²) in [6.45, 7) is 3.29. The maximum Gasteiger partial charge on any atom is 0.253 e. The zero-order valence-corrected chi connectivity index (χ0v) is 12.7. The topological polar surface area (TPSA) is 83.1 Å². The molecular formula is C14H19ClN4O2. The third-order valence-electron chi connectivity index (χ3n) is 3.25. The molecule has 0 aromatic carbocycles. The predicted molar refractivity (Wildman–Crippen MR) is 81.5 cm³/mol. The Morgan fingerprint density at radius 1 is 1.57 bits per heavy atom. The Kier molecular flexibility index (Phi) is 5.38. The van der Waals surface area contributed by atoms with Gasteiger partial charge in [0.2, 0.25) is 5.91 Å². The molecule has 1 aliphatic rings. The molecule has 2 rings (SSSR count). The van der Waals surface area contributed by atoms with Crippen molar-refractivity contribution < 1.29 is 9.59 Å². The Morgan fingerprint density at radius 2 is 2.38 bits per heavy atom. The molecule has 7 heteroatoms. The number of halogens is 1. The molecule has 0 spiro atoms. The highest BCUT2D eigenvalue weighted by Crippen LogP contribution is 2.20. The van der Waals surface area contributed by atoms with Crippen molar-refractivity contribution in [3.63, 3.8) is 0 Å². The highest BCUT2D eigenvalue weighted by molar-refractivity contribution is 6.33. The van der Waals surface area contributed by atoms with Gasteiger partial charge < -0.3 is 16.0 Å². The van der Waals surface area contributed by atoms with Crippen LogP contribution >= 0.6 is 11.6 Å². The van der Waals surface area contributed by atoms with Crippen LogP contribution in [-0.2, 0) is 4.79 Å². The van der Waals surface area contributed by atoms with E-state index < -0.39 is 0 Å². The van der Waals surface area contributed by atoms with Crippen molar-refractivity contribution in [2.24, 2.45) is 0 Å². The Balaban J connectivity index is 1.96. The molecule has 0 radical (unpaired) electrons. The smallest absolute Gasteiger partial charge is 0.253 e. The Bertz CT molecular complexity index is 526. The first kappa shape index (κ1) is 15.6. The van der Waals surface area contributed by atoms with Gasteiger partial charge in [-0.05, 0) is 18.9 Å². The number of nitrogens with one attached hydrogen (secondary N) is 3. The molecule has 1 aromatic heterocycles. The predicted octanol–water partition coefficient (Wildman–Crippen LogP) is 1.57. The lowest BCUT2D eigenvalue weighted by Gasteiger charge is -2.23. The van der Waals surface area contributed by atoms with Gasteiger partial charge in [-0.3, -0.25) is 9.59 Å². The molecule has 1 unspecified atom stereocenters. The first-order valence-corrected chi connectivity index (χ1v) is 7.45. The summed E-state index contributed by atoms with van der Waals surface area (Å²) < 4.78 is 0. The van der Waals surface area contributed by atoms with Crippen LogP contribution in [0.3, 0.4) is 0 Å². The van der Waals surface area contributed by atoms with Crippen LogP contribution in [0.25, 0.3) is 0 Å². The van der Waals surface area contributed by atoms with Gasteiger partial charge in [-0.25, -0.2) is 4.98 Å². The summed E-state index contributed by atoms with van der Waals surface area (Å²) >= 11 is 6.11. The molecule has 21 heavy (non-hydrogen) atoms. The van der Waals surface area contributed by atoms with Crippen LogP contribution in [-0.4, -0.2) is 35.9 Å². The number of rotatable bonds is 5. The van der Waals surface area contributed by atoms with E-state index in [9.17, 15) is 9.59 Å².